The normalized spacial score (nSPS) is 35.4. The van der Waals surface area contributed by atoms with Crippen molar-refractivity contribution < 1.29 is 0 Å². The van der Waals surface area contributed by atoms with Crippen LogP contribution in [0.25, 0.3) is 0 Å². The molecule has 0 spiro atoms. The molecule has 82 valence electrons. The monoisotopic (exact) mass is 212 g/mol. The number of fused-ring (bicyclic) bond motifs is 2. The molecule has 2 rings (SSSR count). The fourth-order valence-electron chi connectivity index (χ4n) is 3.07. The molecular formula is C13H24S. The highest BCUT2D eigenvalue weighted by Crippen LogP contribution is 2.56. The zero-order valence-electron chi connectivity index (χ0n) is 9.56. The van der Waals surface area contributed by atoms with Crippen LogP contribution >= 0.6 is 11.8 Å². The summed E-state index contributed by atoms with van der Waals surface area (Å²) in [6, 6.07) is 0. The number of thioether (sulfide) groups is 1. The van der Waals surface area contributed by atoms with Gasteiger partial charge in [0, 0.05) is 10.00 Å². The van der Waals surface area contributed by atoms with Gasteiger partial charge in [0.1, 0.15) is 0 Å². The third-order valence-electron chi connectivity index (χ3n) is 4.00. The van der Waals surface area contributed by atoms with Gasteiger partial charge in [-0.25, -0.2) is 0 Å². The minimum absolute atomic E-state index is 0.775. The molecule has 2 bridgehead atoms. The first-order chi connectivity index (χ1) is 6.85. The molecule has 0 aromatic heterocycles. The Labute approximate surface area is 93.2 Å². The minimum atomic E-state index is 0.775. The Morgan fingerprint density at radius 2 is 1.79 bits per heavy atom. The largest absolute Gasteiger partial charge is 0.152 e. The van der Waals surface area contributed by atoms with E-state index in [1.165, 1.54) is 64.2 Å². The Kier molecular flexibility index (Phi) is 3.81. The third kappa shape index (κ3) is 2.48. The molecule has 2 fully saturated rings. The van der Waals surface area contributed by atoms with Gasteiger partial charge in [0.15, 0.2) is 0 Å². The Balaban J connectivity index is 1.61. The lowest BCUT2D eigenvalue weighted by Crippen LogP contribution is -2.19. The molecule has 0 unspecified atom stereocenters. The molecular weight excluding hydrogens is 188 g/mol. The van der Waals surface area contributed by atoms with E-state index < -0.39 is 0 Å². The van der Waals surface area contributed by atoms with Gasteiger partial charge in [0.25, 0.3) is 0 Å². The highest BCUT2D eigenvalue weighted by molar-refractivity contribution is 8.01. The van der Waals surface area contributed by atoms with Crippen molar-refractivity contribution in [3.63, 3.8) is 0 Å². The summed E-state index contributed by atoms with van der Waals surface area (Å²) >= 11 is 2.34. The maximum absolute atomic E-state index is 2.34. The molecule has 2 aliphatic heterocycles. The Morgan fingerprint density at radius 1 is 1.07 bits per heavy atom. The lowest BCUT2D eigenvalue weighted by molar-refractivity contribution is 0.410. The maximum Gasteiger partial charge on any atom is 0.0163 e. The molecule has 0 amide bonds. The molecule has 0 aromatic carbocycles. The van der Waals surface area contributed by atoms with E-state index in [1.807, 2.05) is 0 Å². The SMILES string of the molecule is CCCCCCCC12CCC(CC1)S2. The van der Waals surface area contributed by atoms with Crippen molar-refractivity contribution in [2.75, 3.05) is 0 Å². The van der Waals surface area contributed by atoms with Crippen LogP contribution in [-0.2, 0) is 0 Å². The molecule has 0 aromatic rings. The molecule has 2 aliphatic rings. The van der Waals surface area contributed by atoms with Crippen LogP contribution < -0.4 is 0 Å². The van der Waals surface area contributed by atoms with Crippen molar-refractivity contribution in [1.29, 1.82) is 0 Å². The van der Waals surface area contributed by atoms with Crippen LogP contribution in [0.3, 0.4) is 0 Å². The van der Waals surface area contributed by atoms with Crippen molar-refractivity contribution in [1.82, 2.24) is 0 Å². The summed E-state index contributed by atoms with van der Waals surface area (Å²) in [5.74, 6) is 0. The van der Waals surface area contributed by atoms with E-state index in [-0.39, 0.29) is 0 Å². The summed E-state index contributed by atoms with van der Waals surface area (Å²) in [4.78, 5) is 0. The van der Waals surface area contributed by atoms with Gasteiger partial charge in [-0.3, -0.25) is 0 Å². The average molecular weight is 212 g/mol. The molecule has 2 saturated heterocycles. The van der Waals surface area contributed by atoms with Crippen molar-refractivity contribution in [2.45, 2.75) is 81.1 Å². The van der Waals surface area contributed by atoms with E-state index in [4.69, 9.17) is 0 Å². The highest BCUT2D eigenvalue weighted by atomic mass is 32.2. The summed E-state index contributed by atoms with van der Waals surface area (Å²) in [6.45, 7) is 2.30. The molecule has 14 heavy (non-hydrogen) atoms. The number of hydrogen-bond acceptors (Lipinski definition) is 1. The second kappa shape index (κ2) is 4.92. The van der Waals surface area contributed by atoms with Gasteiger partial charge in [0.05, 0.1) is 0 Å². The molecule has 0 aliphatic carbocycles. The Morgan fingerprint density at radius 3 is 2.36 bits per heavy atom. The van der Waals surface area contributed by atoms with Crippen molar-refractivity contribution >= 4 is 11.8 Å². The number of rotatable bonds is 6. The van der Waals surface area contributed by atoms with E-state index in [2.05, 4.69) is 18.7 Å². The molecule has 0 atom stereocenters. The van der Waals surface area contributed by atoms with Gasteiger partial charge in [-0.2, -0.15) is 11.8 Å². The first-order valence-electron chi connectivity index (χ1n) is 6.52. The highest BCUT2D eigenvalue weighted by Gasteiger charge is 2.44. The van der Waals surface area contributed by atoms with Gasteiger partial charge < -0.3 is 0 Å². The maximum atomic E-state index is 2.34. The van der Waals surface area contributed by atoms with E-state index in [1.54, 1.807) is 0 Å². The topological polar surface area (TPSA) is 0 Å². The fourth-order valence-corrected chi connectivity index (χ4v) is 4.98. The zero-order chi connectivity index (χ0) is 9.86. The summed E-state index contributed by atoms with van der Waals surface area (Å²) in [7, 11) is 0. The van der Waals surface area contributed by atoms with Crippen molar-refractivity contribution in [2.24, 2.45) is 0 Å². The Bertz CT molecular complexity index is 168. The molecule has 0 nitrogen and oxygen atoms in total. The van der Waals surface area contributed by atoms with Crippen LogP contribution in [0, 0.1) is 0 Å². The van der Waals surface area contributed by atoms with Crippen molar-refractivity contribution in [3.8, 4) is 0 Å². The van der Waals surface area contributed by atoms with Crippen LogP contribution in [0.5, 0.6) is 0 Å². The smallest absolute Gasteiger partial charge is 0.0163 e. The average Bonchev–Trinajstić information content (AvgIpc) is 2.77. The Hall–Kier alpha value is 0.350. The summed E-state index contributed by atoms with van der Waals surface area (Å²) in [6.07, 6.45) is 14.9. The minimum Gasteiger partial charge on any atom is -0.152 e. The van der Waals surface area contributed by atoms with E-state index >= 15 is 0 Å². The van der Waals surface area contributed by atoms with Crippen molar-refractivity contribution in [3.05, 3.63) is 0 Å². The second-order valence-corrected chi connectivity index (χ2v) is 6.93. The molecule has 2 heterocycles. The van der Waals surface area contributed by atoms with Crippen LogP contribution in [0.1, 0.15) is 71.1 Å². The second-order valence-electron chi connectivity index (χ2n) is 5.16. The third-order valence-corrected chi connectivity index (χ3v) is 5.91. The van der Waals surface area contributed by atoms with Crippen LogP contribution in [0.2, 0.25) is 0 Å². The van der Waals surface area contributed by atoms with Gasteiger partial charge >= 0.3 is 0 Å². The molecule has 1 heteroatoms. The fraction of sp³-hybridized carbons (Fsp3) is 1.00. The van der Waals surface area contributed by atoms with E-state index in [9.17, 15) is 0 Å². The summed E-state index contributed by atoms with van der Waals surface area (Å²) in [5, 5.41) is 1.06. The number of unbranched alkanes of at least 4 members (excludes halogenated alkanes) is 4. The summed E-state index contributed by atoms with van der Waals surface area (Å²) in [5.41, 5.74) is 0. The van der Waals surface area contributed by atoms with Gasteiger partial charge in [-0.1, -0.05) is 39.0 Å². The molecule has 0 N–H and O–H groups in total. The van der Waals surface area contributed by atoms with Crippen LogP contribution in [-0.4, -0.2) is 10.00 Å². The first kappa shape index (κ1) is 10.9. The molecule has 0 saturated carbocycles. The molecule has 0 radical (unpaired) electrons. The quantitative estimate of drug-likeness (QED) is 0.571. The predicted octanol–water partition coefficient (Wildman–Crippen LogP) is 4.78. The van der Waals surface area contributed by atoms with Crippen LogP contribution in [0.4, 0.5) is 0 Å². The zero-order valence-corrected chi connectivity index (χ0v) is 10.4. The van der Waals surface area contributed by atoms with Gasteiger partial charge in [-0.05, 0) is 32.1 Å². The number of hydrogen-bond donors (Lipinski definition) is 0. The summed E-state index contributed by atoms with van der Waals surface area (Å²) < 4.78 is 0.775. The standard InChI is InChI=1S/C13H24S/c1-2-3-4-5-6-9-13-10-7-12(14-13)8-11-13/h12H,2-11H2,1H3. The van der Waals surface area contributed by atoms with Gasteiger partial charge in [0.2, 0.25) is 0 Å². The predicted molar refractivity (Wildman–Crippen MR) is 66.0 cm³/mol. The van der Waals surface area contributed by atoms with Crippen LogP contribution in [0.15, 0.2) is 0 Å². The van der Waals surface area contributed by atoms with E-state index in [0.29, 0.717) is 0 Å². The van der Waals surface area contributed by atoms with E-state index in [0.717, 1.165) is 10.00 Å². The van der Waals surface area contributed by atoms with Gasteiger partial charge in [-0.15, -0.1) is 0 Å². The lowest BCUT2D eigenvalue weighted by atomic mass is 9.85. The lowest BCUT2D eigenvalue weighted by Gasteiger charge is -2.24. The first-order valence-corrected chi connectivity index (χ1v) is 7.40.